The monoisotopic (exact) mass is 369 g/mol. The molecular weight excluding hydrogens is 350 g/mol. The Morgan fingerprint density at radius 2 is 1.52 bits per heavy atom. The van der Waals surface area contributed by atoms with Crippen molar-refractivity contribution in [1.29, 1.82) is 0 Å². The smallest absolute Gasteiger partial charge is 0.262 e. The van der Waals surface area contributed by atoms with E-state index >= 15 is 0 Å². The van der Waals surface area contributed by atoms with Crippen LogP contribution in [-0.2, 0) is 10.0 Å². The van der Waals surface area contributed by atoms with Crippen molar-refractivity contribution < 1.29 is 8.42 Å². The molecule has 0 radical (unpaired) electrons. The second kappa shape index (κ2) is 7.33. The van der Waals surface area contributed by atoms with Crippen LogP contribution in [0.5, 0.6) is 0 Å². The van der Waals surface area contributed by atoms with Gasteiger partial charge in [-0.05, 0) is 55.3 Å². The summed E-state index contributed by atoms with van der Waals surface area (Å²) in [5.74, 6) is 0. The van der Waals surface area contributed by atoms with Gasteiger partial charge in [-0.2, -0.15) is 0 Å². The second-order valence-corrected chi connectivity index (χ2v) is 8.55. The lowest BCUT2D eigenvalue weighted by molar-refractivity contribution is 0.600. The molecule has 3 rings (SSSR count). The number of hydrogen-bond donors (Lipinski definition) is 1. The first kappa shape index (κ1) is 17.6. The van der Waals surface area contributed by atoms with E-state index in [-0.39, 0.29) is 0 Å². The lowest BCUT2D eigenvalue weighted by atomic mass is 10.2. The molecule has 0 aliphatic heterocycles. The van der Waals surface area contributed by atoms with Crippen LogP contribution in [0, 0.1) is 13.8 Å². The molecule has 5 heteroatoms. The van der Waals surface area contributed by atoms with Gasteiger partial charge in [0.25, 0.3) is 10.0 Å². The van der Waals surface area contributed by atoms with Gasteiger partial charge in [0.15, 0.2) is 0 Å². The second-order valence-electron chi connectivity index (χ2n) is 5.79. The molecule has 0 saturated heterocycles. The normalized spacial score (nSPS) is 11.3. The molecule has 1 N–H and O–H groups in total. The molecule has 128 valence electrons. The molecule has 0 amide bonds. The van der Waals surface area contributed by atoms with E-state index in [0.29, 0.717) is 10.6 Å². The van der Waals surface area contributed by atoms with E-state index in [0.717, 1.165) is 20.9 Å². The Morgan fingerprint density at radius 1 is 0.840 bits per heavy atom. The van der Waals surface area contributed by atoms with Crippen LogP contribution < -0.4 is 4.72 Å². The highest BCUT2D eigenvalue weighted by Crippen LogP contribution is 2.34. The molecule has 25 heavy (non-hydrogen) atoms. The maximum absolute atomic E-state index is 12.9. The van der Waals surface area contributed by atoms with Crippen molar-refractivity contribution in [2.75, 3.05) is 4.72 Å². The quantitative estimate of drug-likeness (QED) is 0.668. The van der Waals surface area contributed by atoms with Crippen molar-refractivity contribution >= 4 is 27.5 Å². The largest absolute Gasteiger partial charge is 0.278 e. The Bertz CT molecular complexity index is 984. The minimum absolute atomic E-state index is 0.312. The van der Waals surface area contributed by atoms with Gasteiger partial charge >= 0.3 is 0 Å². The Kier molecular flexibility index (Phi) is 5.16. The van der Waals surface area contributed by atoms with Crippen molar-refractivity contribution in [2.45, 2.75) is 28.5 Å². The minimum atomic E-state index is -3.64. The Morgan fingerprint density at radius 3 is 2.28 bits per heavy atom. The van der Waals surface area contributed by atoms with E-state index in [1.165, 1.54) is 11.8 Å². The van der Waals surface area contributed by atoms with Crippen LogP contribution in [0.3, 0.4) is 0 Å². The lowest BCUT2D eigenvalue weighted by Gasteiger charge is -2.14. The first-order chi connectivity index (χ1) is 12.0. The van der Waals surface area contributed by atoms with Crippen LogP contribution in [0.1, 0.15) is 11.1 Å². The van der Waals surface area contributed by atoms with E-state index < -0.39 is 10.0 Å². The fourth-order valence-corrected chi connectivity index (χ4v) is 4.85. The number of hydrogen-bond acceptors (Lipinski definition) is 3. The summed E-state index contributed by atoms with van der Waals surface area (Å²) in [5.41, 5.74) is 2.22. The van der Waals surface area contributed by atoms with E-state index in [1.54, 1.807) is 19.1 Å². The summed E-state index contributed by atoms with van der Waals surface area (Å²) in [6.07, 6.45) is 0. The number of sulfonamides is 1. The summed E-state index contributed by atoms with van der Waals surface area (Å²) in [7, 11) is -3.64. The van der Waals surface area contributed by atoms with Crippen molar-refractivity contribution in [1.82, 2.24) is 0 Å². The summed E-state index contributed by atoms with van der Waals surface area (Å²) in [6, 6.07) is 22.8. The molecule has 3 aromatic rings. The zero-order valence-electron chi connectivity index (χ0n) is 14.1. The van der Waals surface area contributed by atoms with Crippen LogP contribution in [-0.4, -0.2) is 8.42 Å². The summed E-state index contributed by atoms with van der Waals surface area (Å²) >= 11 is 1.53. The van der Waals surface area contributed by atoms with Crippen molar-refractivity contribution in [3.05, 3.63) is 83.9 Å². The van der Waals surface area contributed by atoms with E-state index in [9.17, 15) is 8.42 Å². The SMILES string of the molecule is Cc1ccc(C)c(S(=O)(=O)Nc2ccccc2Sc2ccccc2)c1. The zero-order chi connectivity index (χ0) is 17.9. The van der Waals surface area contributed by atoms with E-state index in [4.69, 9.17) is 0 Å². The molecule has 3 nitrogen and oxygen atoms in total. The molecule has 0 saturated carbocycles. The molecule has 0 fully saturated rings. The lowest BCUT2D eigenvalue weighted by Crippen LogP contribution is -2.15. The van der Waals surface area contributed by atoms with Crippen molar-refractivity contribution in [3.63, 3.8) is 0 Å². The number of benzene rings is 3. The highest BCUT2D eigenvalue weighted by atomic mass is 32.2. The minimum Gasteiger partial charge on any atom is -0.278 e. The van der Waals surface area contributed by atoms with Gasteiger partial charge in [0.1, 0.15) is 0 Å². The number of para-hydroxylation sites is 1. The fraction of sp³-hybridized carbons (Fsp3) is 0.100. The first-order valence-electron chi connectivity index (χ1n) is 7.88. The van der Waals surface area contributed by atoms with Gasteiger partial charge in [-0.3, -0.25) is 4.72 Å². The molecule has 0 aromatic heterocycles. The fourth-order valence-electron chi connectivity index (χ4n) is 2.45. The predicted molar refractivity (Wildman–Crippen MR) is 104 cm³/mol. The third-order valence-electron chi connectivity index (χ3n) is 3.74. The van der Waals surface area contributed by atoms with Gasteiger partial charge in [0.2, 0.25) is 0 Å². The molecule has 0 bridgehead atoms. The summed E-state index contributed by atoms with van der Waals surface area (Å²) in [6.45, 7) is 3.69. The molecule has 0 spiro atoms. The van der Waals surface area contributed by atoms with Gasteiger partial charge in [0, 0.05) is 9.79 Å². The first-order valence-corrected chi connectivity index (χ1v) is 10.2. The number of rotatable bonds is 5. The molecule has 3 aromatic carbocycles. The zero-order valence-corrected chi connectivity index (χ0v) is 15.7. The van der Waals surface area contributed by atoms with Crippen LogP contribution in [0.2, 0.25) is 0 Å². The number of anilines is 1. The van der Waals surface area contributed by atoms with E-state index in [1.807, 2.05) is 67.6 Å². The van der Waals surface area contributed by atoms with E-state index in [2.05, 4.69) is 4.72 Å². The Hall–Kier alpha value is -2.24. The third-order valence-corrected chi connectivity index (χ3v) is 6.33. The summed E-state index contributed by atoms with van der Waals surface area (Å²) in [4.78, 5) is 2.23. The van der Waals surface area contributed by atoms with Gasteiger partial charge in [0.05, 0.1) is 10.6 Å². The maximum atomic E-state index is 12.9. The topological polar surface area (TPSA) is 46.2 Å². The van der Waals surface area contributed by atoms with Crippen LogP contribution in [0.25, 0.3) is 0 Å². The molecule has 0 heterocycles. The standard InChI is InChI=1S/C20H19NO2S2/c1-15-12-13-16(2)20(14-15)25(22,23)21-18-10-6-7-11-19(18)24-17-8-4-3-5-9-17/h3-14,21H,1-2H3. The average Bonchev–Trinajstić information content (AvgIpc) is 2.59. The van der Waals surface area contributed by atoms with Gasteiger partial charge < -0.3 is 0 Å². The highest BCUT2D eigenvalue weighted by molar-refractivity contribution is 7.99. The van der Waals surface area contributed by atoms with Crippen LogP contribution in [0.15, 0.2) is 87.5 Å². The molecular formula is C20H19NO2S2. The molecule has 0 aliphatic carbocycles. The number of nitrogens with one attached hydrogen (secondary N) is 1. The predicted octanol–water partition coefficient (Wildman–Crippen LogP) is 5.26. The van der Waals surface area contributed by atoms with Crippen LogP contribution in [0.4, 0.5) is 5.69 Å². The summed E-state index contributed by atoms with van der Waals surface area (Å²) < 4.78 is 28.5. The van der Waals surface area contributed by atoms with Crippen molar-refractivity contribution in [3.8, 4) is 0 Å². The Labute approximate surface area is 153 Å². The van der Waals surface area contributed by atoms with Crippen LogP contribution >= 0.6 is 11.8 Å². The van der Waals surface area contributed by atoms with Gasteiger partial charge in [-0.1, -0.05) is 54.2 Å². The highest BCUT2D eigenvalue weighted by Gasteiger charge is 2.18. The molecule has 0 aliphatic rings. The van der Waals surface area contributed by atoms with Gasteiger partial charge in [-0.15, -0.1) is 0 Å². The molecule has 0 unspecified atom stereocenters. The number of aryl methyl sites for hydroxylation is 2. The van der Waals surface area contributed by atoms with Gasteiger partial charge in [-0.25, -0.2) is 8.42 Å². The Balaban J connectivity index is 1.94. The average molecular weight is 370 g/mol. The third kappa shape index (κ3) is 4.24. The molecule has 0 atom stereocenters. The summed E-state index contributed by atoms with van der Waals surface area (Å²) in [5, 5.41) is 0. The van der Waals surface area contributed by atoms with Crippen molar-refractivity contribution in [2.24, 2.45) is 0 Å². The maximum Gasteiger partial charge on any atom is 0.262 e.